The highest BCUT2D eigenvalue weighted by Gasteiger charge is 2.50. The lowest BCUT2D eigenvalue weighted by Crippen LogP contribution is -2.46. The van der Waals surface area contributed by atoms with Gasteiger partial charge in [0.05, 0.1) is 10.4 Å². The minimum absolute atomic E-state index is 0.0658. The first-order chi connectivity index (χ1) is 12.4. The second kappa shape index (κ2) is 7.64. The molecule has 1 aromatic rings. The van der Waals surface area contributed by atoms with Gasteiger partial charge >= 0.3 is 6.18 Å². The lowest BCUT2D eigenvalue weighted by Gasteiger charge is -2.35. The molecular formula is C18H17F4N3OS. The van der Waals surface area contributed by atoms with Crippen molar-refractivity contribution < 1.29 is 22.3 Å². The van der Waals surface area contributed by atoms with Crippen molar-refractivity contribution in [2.45, 2.75) is 44.5 Å². The van der Waals surface area contributed by atoms with Crippen molar-refractivity contribution in [3.63, 3.8) is 0 Å². The minimum atomic E-state index is -4.66. The Bertz CT molecular complexity index is 870. The number of halogens is 4. The van der Waals surface area contributed by atoms with E-state index in [0.29, 0.717) is 16.1 Å². The zero-order valence-corrected chi connectivity index (χ0v) is 15.4. The van der Waals surface area contributed by atoms with Crippen LogP contribution in [0.3, 0.4) is 0 Å². The number of rotatable bonds is 3. The highest BCUT2D eigenvalue weighted by Crippen LogP contribution is 2.40. The molecule has 2 atom stereocenters. The molecule has 0 aliphatic carbocycles. The average Bonchev–Trinajstić information content (AvgIpc) is 2.51. The lowest BCUT2D eigenvalue weighted by atomic mass is 9.85. The molecule has 0 radical (unpaired) electrons. The number of nitrogens with two attached hydrogens (primary N) is 1. The van der Waals surface area contributed by atoms with E-state index >= 15 is 0 Å². The largest absolute Gasteiger partial charge is 0.452 e. The molecule has 0 saturated heterocycles. The Balaban J connectivity index is 2.40. The van der Waals surface area contributed by atoms with E-state index in [1.54, 1.807) is 6.92 Å². The Hall–Kier alpha value is -2.47. The van der Waals surface area contributed by atoms with Crippen LogP contribution in [0, 0.1) is 23.1 Å². The fourth-order valence-electron chi connectivity index (χ4n) is 2.66. The highest BCUT2D eigenvalue weighted by atomic mass is 32.1. The summed E-state index contributed by atoms with van der Waals surface area (Å²) in [4.78, 5) is 4.25. The fourth-order valence-corrected chi connectivity index (χ4v) is 2.93. The summed E-state index contributed by atoms with van der Waals surface area (Å²) in [5.41, 5.74) is 4.50. The van der Waals surface area contributed by atoms with Crippen LogP contribution in [0.5, 0.6) is 0 Å². The Morgan fingerprint density at radius 1 is 1.48 bits per heavy atom. The van der Waals surface area contributed by atoms with E-state index in [0.717, 1.165) is 6.07 Å². The van der Waals surface area contributed by atoms with Crippen LogP contribution in [0.2, 0.25) is 0 Å². The number of thiocarbonyl (C=S) groups is 1. The molecule has 4 nitrogen and oxygen atoms in total. The van der Waals surface area contributed by atoms with Gasteiger partial charge in [0.1, 0.15) is 5.82 Å². The van der Waals surface area contributed by atoms with E-state index in [9.17, 15) is 17.6 Å². The number of ether oxygens (including phenoxy) is 1. The van der Waals surface area contributed by atoms with Gasteiger partial charge in [-0.25, -0.2) is 9.38 Å². The maximum absolute atomic E-state index is 14.4. The molecule has 27 heavy (non-hydrogen) atoms. The molecule has 0 spiro atoms. The number of nitrogens with one attached hydrogen (secondary N) is 1. The van der Waals surface area contributed by atoms with Crippen LogP contribution in [-0.2, 0) is 10.3 Å². The monoisotopic (exact) mass is 399 g/mol. The standard InChI is InChI=1S/C18H17F4N3OS/c1-10(23)7-12(27)5-3-11-4-6-14(19)13(8-11)17(2)9-15(18(20,21)22)26-16(24)25-17/h4,6,8,15,23H,7,9H2,1-2H3,(H2,24,25). The van der Waals surface area contributed by atoms with E-state index in [1.165, 1.54) is 19.1 Å². The minimum Gasteiger partial charge on any atom is -0.452 e. The van der Waals surface area contributed by atoms with Gasteiger partial charge in [0.25, 0.3) is 6.02 Å². The van der Waals surface area contributed by atoms with Gasteiger partial charge in [-0.1, -0.05) is 24.1 Å². The summed E-state index contributed by atoms with van der Waals surface area (Å²) in [6, 6.07) is 3.18. The number of alkyl halides is 3. The van der Waals surface area contributed by atoms with Crippen molar-refractivity contribution in [3.05, 3.63) is 35.1 Å². The molecule has 0 amide bonds. The first-order valence-electron chi connectivity index (χ1n) is 7.88. The number of aliphatic imine (C=N–C) groups is 1. The normalized spacial score (nSPS) is 22.1. The van der Waals surface area contributed by atoms with Crippen molar-refractivity contribution in [1.82, 2.24) is 0 Å². The molecule has 3 N–H and O–H groups in total. The second-order valence-corrected chi connectivity index (χ2v) is 6.89. The van der Waals surface area contributed by atoms with E-state index in [2.05, 4.69) is 21.6 Å². The molecular weight excluding hydrogens is 382 g/mol. The van der Waals surface area contributed by atoms with Gasteiger partial charge in [0.2, 0.25) is 0 Å². The van der Waals surface area contributed by atoms with E-state index in [4.69, 9.17) is 23.4 Å². The number of nitrogens with zero attached hydrogens (tertiary/aromatic N) is 1. The Morgan fingerprint density at radius 2 is 2.15 bits per heavy atom. The Kier molecular flexibility index (Phi) is 5.90. The van der Waals surface area contributed by atoms with E-state index in [-0.39, 0.29) is 12.0 Å². The SMILES string of the molecule is CC(=N)CC(=S)C#Cc1ccc(F)c(C2(C)CC(C(F)(F)F)OC(N)=N2)c1. The summed E-state index contributed by atoms with van der Waals surface area (Å²) < 4.78 is 58.2. The molecule has 2 rings (SSSR count). The molecule has 1 aliphatic heterocycles. The first kappa shape index (κ1) is 20.8. The molecule has 1 aromatic carbocycles. The third kappa shape index (κ3) is 5.26. The molecule has 1 heterocycles. The second-order valence-electron chi connectivity index (χ2n) is 6.40. The quantitative estimate of drug-likeness (QED) is 0.351. The first-order valence-corrected chi connectivity index (χ1v) is 8.29. The van der Waals surface area contributed by atoms with Gasteiger partial charge in [-0.2, -0.15) is 13.2 Å². The van der Waals surface area contributed by atoms with Crippen molar-refractivity contribution in [1.29, 1.82) is 5.41 Å². The summed E-state index contributed by atoms with van der Waals surface area (Å²) in [6.45, 7) is 2.95. The Morgan fingerprint density at radius 3 is 2.74 bits per heavy atom. The summed E-state index contributed by atoms with van der Waals surface area (Å²) >= 11 is 5.04. The van der Waals surface area contributed by atoms with Crippen LogP contribution in [0.15, 0.2) is 23.2 Å². The van der Waals surface area contributed by atoms with Crippen LogP contribution in [0.25, 0.3) is 0 Å². The van der Waals surface area contributed by atoms with Gasteiger partial charge in [-0.15, -0.1) is 0 Å². The predicted octanol–water partition coefficient (Wildman–Crippen LogP) is 3.86. The van der Waals surface area contributed by atoms with Gasteiger partial charge < -0.3 is 15.9 Å². The topological polar surface area (TPSA) is 71.5 Å². The average molecular weight is 399 g/mol. The maximum atomic E-state index is 14.4. The summed E-state index contributed by atoms with van der Waals surface area (Å²) in [6.07, 6.45) is -7.22. The molecule has 144 valence electrons. The van der Waals surface area contributed by atoms with Crippen LogP contribution >= 0.6 is 12.2 Å². The third-order valence-corrected chi connectivity index (χ3v) is 4.13. The smallest absolute Gasteiger partial charge is 0.425 e. The van der Waals surface area contributed by atoms with Crippen LogP contribution in [-0.4, -0.2) is 28.9 Å². The van der Waals surface area contributed by atoms with Crippen molar-refractivity contribution in [2.24, 2.45) is 10.7 Å². The lowest BCUT2D eigenvalue weighted by molar-refractivity contribution is -0.208. The summed E-state index contributed by atoms with van der Waals surface area (Å²) in [7, 11) is 0. The zero-order valence-electron chi connectivity index (χ0n) is 14.6. The highest BCUT2D eigenvalue weighted by molar-refractivity contribution is 7.81. The van der Waals surface area contributed by atoms with Gasteiger partial charge in [0, 0.05) is 29.7 Å². The van der Waals surface area contributed by atoms with Gasteiger partial charge in [-0.05, 0) is 32.0 Å². The van der Waals surface area contributed by atoms with Crippen LogP contribution in [0.4, 0.5) is 17.6 Å². The fraction of sp³-hybridized carbons (Fsp3) is 0.389. The number of amidine groups is 1. The van der Waals surface area contributed by atoms with E-state index in [1.807, 2.05) is 0 Å². The molecule has 2 unspecified atom stereocenters. The summed E-state index contributed by atoms with van der Waals surface area (Å²) in [5, 5.41) is 7.38. The molecule has 0 bridgehead atoms. The number of hydrogen-bond acceptors (Lipinski definition) is 5. The summed E-state index contributed by atoms with van der Waals surface area (Å²) in [5.74, 6) is 4.70. The third-order valence-electron chi connectivity index (χ3n) is 3.89. The molecule has 0 saturated carbocycles. The predicted molar refractivity (Wildman–Crippen MR) is 98.4 cm³/mol. The zero-order chi connectivity index (χ0) is 20.4. The molecule has 1 aliphatic rings. The van der Waals surface area contributed by atoms with Crippen LogP contribution < -0.4 is 5.73 Å². The van der Waals surface area contributed by atoms with Crippen LogP contribution in [0.1, 0.15) is 37.8 Å². The van der Waals surface area contributed by atoms with E-state index < -0.39 is 36.1 Å². The number of hydrogen-bond donors (Lipinski definition) is 2. The number of benzene rings is 1. The van der Waals surface area contributed by atoms with Gasteiger partial charge in [-0.3, -0.25) is 0 Å². The maximum Gasteiger partial charge on any atom is 0.425 e. The van der Waals surface area contributed by atoms with Crippen molar-refractivity contribution in [2.75, 3.05) is 0 Å². The molecule has 0 fully saturated rings. The molecule has 9 heteroatoms. The Labute approximate surface area is 159 Å². The molecule has 0 aromatic heterocycles. The van der Waals surface area contributed by atoms with Crippen molar-refractivity contribution >= 4 is 28.8 Å². The van der Waals surface area contributed by atoms with Gasteiger partial charge in [0.15, 0.2) is 6.10 Å². The van der Waals surface area contributed by atoms with Crippen molar-refractivity contribution in [3.8, 4) is 11.8 Å².